The van der Waals surface area contributed by atoms with Crippen LogP contribution >= 0.6 is 0 Å². The van der Waals surface area contributed by atoms with Crippen LogP contribution in [0.1, 0.15) is 67.0 Å². The number of rotatable bonds is 6. The Morgan fingerprint density at radius 2 is 1.82 bits per heavy atom. The second-order valence-electron chi connectivity index (χ2n) is 7.85. The molecule has 6 nitrogen and oxygen atoms in total. The van der Waals surface area contributed by atoms with Crippen molar-refractivity contribution in [1.29, 1.82) is 0 Å². The highest BCUT2D eigenvalue weighted by atomic mass is 16.5. The van der Waals surface area contributed by atoms with Crippen LogP contribution in [0.2, 0.25) is 0 Å². The van der Waals surface area contributed by atoms with Crippen LogP contribution in [0, 0.1) is 0 Å². The monoisotopic (exact) mass is 381 g/mol. The van der Waals surface area contributed by atoms with Gasteiger partial charge in [0.15, 0.2) is 12.3 Å². The van der Waals surface area contributed by atoms with Crippen LogP contribution in [0.3, 0.4) is 0 Å². The number of hydrogen-bond donors (Lipinski definition) is 0. The summed E-state index contributed by atoms with van der Waals surface area (Å²) in [5.41, 5.74) is 2.11. The van der Waals surface area contributed by atoms with Gasteiger partial charge in [-0.3, -0.25) is 4.79 Å². The third-order valence-electron chi connectivity index (χ3n) is 5.78. The summed E-state index contributed by atoms with van der Waals surface area (Å²) < 4.78 is 7.02. The van der Waals surface area contributed by atoms with Crippen molar-refractivity contribution in [3.8, 4) is 5.69 Å². The summed E-state index contributed by atoms with van der Waals surface area (Å²) in [7, 11) is 1.81. The first-order chi connectivity index (χ1) is 13.6. The van der Waals surface area contributed by atoms with Crippen molar-refractivity contribution in [3.63, 3.8) is 0 Å². The maximum Gasteiger partial charge on any atom is 0.357 e. The van der Waals surface area contributed by atoms with Crippen molar-refractivity contribution in [2.24, 2.45) is 0 Å². The summed E-state index contributed by atoms with van der Waals surface area (Å²) in [6, 6.07) is 11.6. The molecule has 0 aliphatic heterocycles. The predicted octanol–water partition coefficient (Wildman–Crippen LogP) is 3.70. The fourth-order valence-electron chi connectivity index (χ4n) is 3.86. The summed E-state index contributed by atoms with van der Waals surface area (Å²) in [5, 5.41) is 4.62. The number of likely N-dealkylation sites (N-methyl/N-ethyl adjacent to an activating group) is 1. The van der Waals surface area contributed by atoms with Gasteiger partial charge in [0.05, 0.1) is 11.4 Å². The molecule has 1 amide bonds. The fraction of sp³-hybridized carbons (Fsp3) is 0.500. The predicted molar refractivity (Wildman–Crippen MR) is 105 cm³/mol. The summed E-state index contributed by atoms with van der Waals surface area (Å²) in [4.78, 5) is 27.0. The van der Waals surface area contributed by atoms with Crippen molar-refractivity contribution < 1.29 is 14.3 Å². The van der Waals surface area contributed by atoms with Gasteiger partial charge < -0.3 is 9.64 Å². The van der Waals surface area contributed by atoms with Crippen molar-refractivity contribution >= 4 is 11.9 Å². The van der Waals surface area contributed by atoms with Crippen LogP contribution in [0.15, 0.2) is 36.4 Å². The summed E-state index contributed by atoms with van der Waals surface area (Å²) in [6.45, 7) is -0.232. The zero-order valence-electron chi connectivity index (χ0n) is 16.3. The average molecular weight is 381 g/mol. The highest BCUT2D eigenvalue weighted by Gasteiger charge is 2.30. The molecule has 2 aromatic rings. The van der Waals surface area contributed by atoms with E-state index < -0.39 is 5.97 Å². The molecule has 0 unspecified atom stereocenters. The third-order valence-corrected chi connectivity index (χ3v) is 5.78. The highest BCUT2D eigenvalue weighted by molar-refractivity contribution is 5.90. The number of benzene rings is 1. The lowest BCUT2D eigenvalue weighted by Crippen LogP contribution is -2.40. The van der Waals surface area contributed by atoms with Gasteiger partial charge in [-0.15, -0.1) is 0 Å². The first-order valence-electron chi connectivity index (χ1n) is 10.2. The van der Waals surface area contributed by atoms with E-state index >= 15 is 0 Å². The molecule has 1 heterocycles. The Balaban J connectivity index is 1.45. The second kappa shape index (κ2) is 8.17. The second-order valence-corrected chi connectivity index (χ2v) is 7.85. The van der Waals surface area contributed by atoms with Gasteiger partial charge in [0.2, 0.25) is 0 Å². The molecule has 2 aliphatic rings. The number of hydrogen-bond acceptors (Lipinski definition) is 4. The minimum absolute atomic E-state index is 0.145. The van der Waals surface area contributed by atoms with Crippen molar-refractivity contribution in [1.82, 2.24) is 14.7 Å². The van der Waals surface area contributed by atoms with E-state index in [-0.39, 0.29) is 18.6 Å². The fourth-order valence-corrected chi connectivity index (χ4v) is 3.86. The SMILES string of the molecule is CN(C(=O)COC(=O)c1cc(C2CC2)nn1-c1ccccc1)C1CCCCC1. The summed E-state index contributed by atoms with van der Waals surface area (Å²) >= 11 is 0. The lowest BCUT2D eigenvalue weighted by atomic mass is 9.94. The first kappa shape index (κ1) is 18.7. The molecule has 6 heteroatoms. The molecular weight excluding hydrogens is 354 g/mol. The Kier molecular flexibility index (Phi) is 5.46. The smallest absolute Gasteiger partial charge is 0.357 e. The molecule has 0 bridgehead atoms. The van der Waals surface area contributed by atoms with E-state index in [9.17, 15) is 9.59 Å². The standard InChI is InChI=1S/C22H27N3O3/c1-24(17-8-4-2-5-9-17)21(26)15-28-22(27)20-14-19(16-12-13-16)23-25(20)18-10-6-3-7-11-18/h3,6-7,10-11,14,16-17H,2,4-5,8-9,12-13,15H2,1H3. The lowest BCUT2D eigenvalue weighted by molar-refractivity contribution is -0.135. The van der Waals surface area contributed by atoms with Crippen molar-refractivity contribution in [2.45, 2.75) is 56.9 Å². The Morgan fingerprint density at radius 1 is 1.11 bits per heavy atom. The maximum absolute atomic E-state index is 12.7. The molecule has 4 rings (SSSR count). The van der Waals surface area contributed by atoms with E-state index in [2.05, 4.69) is 5.10 Å². The number of aromatic nitrogens is 2. The van der Waals surface area contributed by atoms with Crippen LogP contribution in [-0.2, 0) is 9.53 Å². The number of carbonyl (C=O) groups excluding carboxylic acids is 2. The van der Waals surface area contributed by atoms with Crippen LogP contribution in [-0.4, -0.2) is 46.3 Å². The zero-order chi connectivity index (χ0) is 19.5. The van der Waals surface area contributed by atoms with Gasteiger partial charge in [-0.25, -0.2) is 9.48 Å². The Labute approximate surface area is 165 Å². The topological polar surface area (TPSA) is 64.4 Å². The van der Waals surface area contributed by atoms with Gasteiger partial charge in [-0.05, 0) is 43.9 Å². The lowest BCUT2D eigenvalue weighted by Gasteiger charge is -2.31. The highest BCUT2D eigenvalue weighted by Crippen LogP contribution is 2.39. The van der Waals surface area contributed by atoms with Gasteiger partial charge in [0, 0.05) is 19.0 Å². The van der Waals surface area contributed by atoms with Gasteiger partial charge in [0.1, 0.15) is 0 Å². The minimum Gasteiger partial charge on any atom is -0.451 e. The van der Waals surface area contributed by atoms with Crippen LogP contribution in [0.25, 0.3) is 5.69 Å². The van der Waals surface area contributed by atoms with Crippen LogP contribution < -0.4 is 0 Å². The van der Waals surface area contributed by atoms with E-state index in [0.717, 1.165) is 49.9 Å². The molecule has 0 N–H and O–H groups in total. The largest absolute Gasteiger partial charge is 0.451 e. The van der Waals surface area contributed by atoms with Crippen LogP contribution in [0.4, 0.5) is 0 Å². The normalized spacial score (nSPS) is 17.3. The molecule has 0 spiro atoms. The number of esters is 1. The molecular formula is C22H27N3O3. The molecule has 1 aromatic carbocycles. The molecule has 148 valence electrons. The molecule has 0 atom stereocenters. The Hall–Kier alpha value is -2.63. The molecule has 2 aliphatic carbocycles. The molecule has 2 saturated carbocycles. The molecule has 2 fully saturated rings. The van der Waals surface area contributed by atoms with Gasteiger partial charge in [-0.1, -0.05) is 37.5 Å². The van der Waals surface area contributed by atoms with Gasteiger partial charge >= 0.3 is 5.97 Å². The zero-order valence-corrected chi connectivity index (χ0v) is 16.3. The Morgan fingerprint density at radius 3 is 2.50 bits per heavy atom. The summed E-state index contributed by atoms with van der Waals surface area (Å²) in [6.07, 6.45) is 7.81. The number of carbonyl (C=O) groups is 2. The van der Waals surface area contributed by atoms with E-state index in [1.807, 2.05) is 43.4 Å². The van der Waals surface area contributed by atoms with Crippen molar-refractivity contribution in [2.75, 3.05) is 13.7 Å². The number of ether oxygens (including phenoxy) is 1. The van der Waals surface area contributed by atoms with E-state index in [4.69, 9.17) is 4.74 Å². The number of amides is 1. The molecule has 0 radical (unpaired) electrons. The quantitative estimate of drug-likeness (QED) is 0.716. The number of nitrogens with zero attached hydrogens (tertiary/aromatic N) is 3. The average Bonchev–Trinajstić information content (AvgIpc) is 3.50. The summed E-state index contributed by atoms with van der Waals surface area (Å²) in [5.74, 6) is -0.224. The van der Waals surface area contributed by atoms with E-state index in [0.29, 0.717) is 11.6 Å². The van der Waals surface area contributed by atoms with Crippen LogP contribution in [0.5, 0.6) is 0 Å². The molecule has 0 saturated heterocycles. The maximum atomic E-state index is 12.7. The van der Waals surface area contributed by atoms with Gasteiger partial charge in [0.25, 0.3) is 5.91 Å². The number of para-hydroxylation sites is 1. The van der Waals surface area contributed by atoms with Crippen molar-refractivity contribution in [3.05, 3.63) is 47.8 Å². The van der Waals surface area contributed by atoms with Gasteiger partial charge in [-0.2, -0.15) is 5.10 Å². The molecule has 28 heavy (non-hydrogen) atoms. The first-order valence-corrected chi connectivity index (χ1v) is 10.2. The Bertz CT molecular complexity index is 836. The minimum atomic E-state index is -0.506. The van der Waals surface area contributed by atoms with E-state index in [1.165, 1.54) is 6.42 Å². The third kappa shape index (κ3) is 4.11. The van der Waals surface area contributed by atoms with E-state index in [1.54, 1.807) is 9.58 Å². The molecule has 1 aromatic heterocycles.